The van der Waals surface area contributed by atoms with Crippen LogP contribution in [0.5, 0.6) is 0 Å². The van der Waals surface area contributed by atoms with Gasteiger partial charge in [-0.15, -0.1) is 0 Å². The Bertz CT molecular complexity index is 364. The van der Waals surface area contributed by atoms with Crippen molar-refractivity contribution in [1.29, 1.82) is 0 Å². The fourth-order valence-electron chi connectivity index (χ4n) is 2.53. The lowest BCUT2D eigenvalue weighted by molar-refractivity contribution is 0.607. The Morgan fingerprint density at radius 2 is 1.86 bits per heavy atom. The Kier molecular flexibility index (Phi) is 2.34. The van der Waals surface area contributed by atoms with E-state index in [0.717, 1.165) is 24.8 Å². The van der Waals surface area contributed by atoms with Crippen LogP contribution in [0, 0.1) is 12.7 Å². The monoisotopic (exact) mass is 192 g/mol. The fourth-order valence-corrected chi connectivity index (χ4v) is 2.53. The molecule has 0 bridgehead atoms. The van der Waals surface area contributed by atoms with E-state index in [1.54, 1.807) is 6.07 Å². The van der Waals surface area contributed by atoms with Gasteiger partial charge in [0, 0.05) is 0 Å². The third kappa shape index (κ3) is 1.35. The molecule has 1 aromatic carbocycles. The molecule has 0 saturated carbocycles. The molecule has 14 heavy (non-hydrogen) atoms. The molecular weight excluding hydrogens is 175 g/mol. The van der Waals surface area contributed by atoms with Gasteiger partial charge < -0.3 is 0 Å². The second-order valence-electron chi connectivity index (χ2n) is 4.54. The molecule has 0 aromatic heterocycles. The molecule has 0 heterocycles. The Balaban J connectivity index is 2.62. The van der Waals surface area contributed by atoms with Crippen molar-refractivity contribution in [3.63, 3.8) is 0 Å². The molecule has 0 spiro atoms. The summed E-state index contributed by atoms with van der Waals surface area (Å²) in [6.45, 7) is 6.39. The van der Waals surface area contributed by atoms with E-state index in [1.165, 1.54) is 16.7 Å². The lowest BCUT2D eigenvalue weighted by Gasteiger charge is -2.14. The van der Waals surface area contributed by atoms with Crippen LogP contribution in [0.4, 0.5) is 4.39 Å². The van der Waals surface area contributed by atoms with Crippen molar-refractivity contribution < 1.29 is 4.39 Å². The molecule has 0 saturated heterocycles. The van der Waals surface area contributed by atoms with E-state index < -0.39 is 0 Å². The predicted molar refractivity (Wildman–Crippen MR) is 57.3 cm³/mol. The average Bonchev–Trinajstić information content (AvgIpc) is 2.59. The Morgan fingerprint density at radius 3 is 2.50 bits per heavy atom. The highest BCUT2D eigenvalue weighted by atomic mass is 19.1. The van der Waals surface area contributed by atoms with Gasteiger partial charge in [0.25, 0.3) is 0 Å². The molecule has 76 valence electrons. The van der Waals surface area contributed by atoms with Crippen LogP contribution in [0.2, 0.25) is 0 Å². The normalized spacial score (nSPS) is 14.9. The molecule has 0 radical (unpaired) electrons. The number of rotatable bonds is 1. The molecule has 0 nitrogen and oxygen atoms in total. The second-order valence-corrected chi connectivity index (χ2v) is 4.54. The van der Waals surface area contributed by atoms with Gasteiger partial charge in [-0.1, -0.05) is 13.8 Å². The highest BCUT2D eigenvalue weighted by molar-refractivity contribution is 5.44. The van der Waals surface area contributed by atoms with E-state index in [4.69, 9.17) is 0 Å². The summed E-state index contributed by atoms with van der Waals surface area (Å²) in [5.41, 5.74) is 4.78. The Labute approximate surface area is 85.1 Å². The van der Waals surface area contributed by atoms with Crippen molar-refractivity contribution in [2.75, 3.05) is 0 Å². The van der Waals surface area contributed by atoms with E-state index in [0.29, 0.717) is 5.92 Å². The molecule has 0 N–H and O–H groups in total. The molecule has 0 fully saturated rings. The number of hydrogen-bond donors (Lipinski definition) is 0. The lowest BCUT2D eigenvalue weighted by atomic mass is 9.92. The standard InChI is InChI=1S/C13H17F/c1-8(2)12-7-13(14)11-6-4-5-10(11)9(12)3/h7-8H,4-6H2,1-3H3. The van der Waals surface area contributed by atoms with Gasteiger partial charge in [0.2, 0.25) is 0 Å². The zero-order valence-corrected chi connectivity index (χ0v) is 9.15. The van der Waals surface area contributed by atoms with Crippen LogP contribution < -0.4 is 0 Å². The first-order chi connectivity index (χ1) is 6.61. The summed E-state index contributed by atoms with van der Waals surface area (Å²) in [7, 11) is 0. The quantitative estimate of drug-likeness (QED) is 0.635. The lowest BCUT2D eigenvalue weighted by Crippen LogP contribution is -2.00. The molecule has 1 aliphatic carbocycles. The molecule has 2 rings (SSSR count). The maximum Gasteiger partial charge on any atom is 0.126 e. The van der Waals surface area contributed by atoms with Crippen LogP contribution in [0.3, 0.4) is 0 Å². The molecule has 0 aliphatic heterocycles. The largest absolute Gasteiger partial charge is 0.207 e. The third-order valence-corrected chi connectivity index (χ3v) is 3.30. The van der Waals surface area contributed by atoms with Crippen molar-refractivity contribution >= 4 is 0 Å². The summed E-state index contributed by atoms with van der Waals surface area (Å²) in [4.78, 5) is 0. The minimum atomic E-state index is 0.0202. The first kappa shape index (κ1) is 9.70. The minimum Gasteiger partial charge on any atom is -0.207 e. The highest BCUT2D eigenvalue weighted by Crippen LogP contribution is 2.32. The third-order valence-electron chi connectivity index (χ3n) is 3.30. The zero-order chi connectivity index (χ0) is 10.3. The predicted octanol–water partition coefficient (Wildman–Crippen LogP) is 3.75. The average molecular weight is 192 g/mol. The van der Waals surface area contributed by atoms with Gasteiger partial charge in [0.15, 0.2) is 0 Å². The molecular formula is C13H17F. The molecule has 0 amide bonds. The molecule has 0 unspecified atom stereocenters. The summed E-state index contributed by atoms with van der Waals surface area (Å²) in [5.74, 6) is 0.446. The summed E-state index contributed by atoms with van der Waals surface area (Å²) < 4.78 is 13.7. The maximum atomic E-state index is 13.7. The topological polar surface area (TPSA) is 0 Å². The summed E-state index contributed by atoms with van der Waals surface area (Å²) >= 11 is 0. The molecule has 1 aliphatic rings. The SMILES string of the molecule is Cc1c(C(C)C)cc(F)c2c1CCC2. The van der Waals surface area contributed by atoms with Gasteiger partial charge in [-0.25, -0.2) is 4.39 Å². The highest BCUT2D eigenvalue weighted by Gasteiger charge is 2.20. The number of fused-ring (bicyclic) bond motifs is 1. The summed E-state index contributed by atoms with van der Waals surface area (Å²) in [6.07, 6.45) is 3.12. The van der Waals surface area contributed by atoms with Crippen LogP contribution in [0.15, 0.2) is 6.07 Å². The van der Waals surface area contributed by atoms with Crippen molar-refractivity contribution in [3.8, 4) is 0 Å². The van der Waals surface area contributed by atoms with Crippen LogP contribution in [0.1, 0.15) is 48.4 Å². The Morgan fingerprint density at radius 1 is 1.21 bits per heavy atom. The first-order valence-corrected chi connectivity index (χ1v) is 5.42. The molecule has 1 aromatic rings. The van der Waals surface area contributed by atoms with E-state index in [9.17, 15) is 4.39 Å². The smallest absolute Gasteiger partial charge is 0.126 e. The maximum absolute atomic E-state index is 13.7. The van der Waals surface area contributed by atoms with Gasteiger partial charge >= 0.3 is 0 Å². The Hall–Kier alpha value is -0.850. The van der Waals surface area contributed by atoms with Crippen LogP contribution in [-0.2, 0) is 12.8 Å². The van der Waals surface area contributed by atoms with Crippen molar-refractivity contribution in [2.24, 2.45) is 0 Å². The number of halogens is 1. The van der Waals surface area contributed by atoms with Gasteiger partial charge in [0.05, 0.1) is 0 Å². The van der Waals surface area contributed by atoms with Gasteiger partial charge in [-0.2, -0.15) is 0 Å². The minimum absolute atomic E-state index is 0.0202. The summed E-state index contributed by atoms with van der Waals surface area (Å²) in [5, 5.41) is 0. The van der Waals surface area contributed by atoms with Crippen molar-refractivity contribution in [1.82, 2.24) is 0 Å². The first-order valence-electron chi connectivity index (χ1n) is 5.42. The molecule has 0 atom stereocenters. The van der Waals surface area contributed by atoms with E-state index in [-0.39, 0.29) is 5.82 Å². The van der Waals surface area contributed by atoms with E-state index in [1.807, 2.05) is 0 Å². The van der Waals surface area contributed by atoms with Crippen molar-refractivity contribution in [3.05, 3.63) is 34.1 Å². The van der Waals surface area contributed by atoms with Gasteiger partial charge in [0.1, 0.15) is 5.82 Å². The van der Waals surface area contributed by atoms with Gasteiger partial charge in [-0.05, 0) is 60.4 Å². The summed E-state index contributed by atoms with van der Waals surface area (Å²) in [6, 6.07) is 1.74. The zero-order valence-electron chi connectivity index (χ0n) is 9.15. The number of hydrogen-bond acceptors (Lipinski definition) is 0. The van der Waals surface area contributed by atoms with Crippen LogP contribution in [-0.4, -0.2) is 0 Å². The van der Waals surface area contributed by atoms with Crippen LogP contribution >= 0.6 is 0 Å². The van der Waals surface area contributed by atoms with Crippen molar-refractivity contribution in [2.45, 2.75) is 46.0 Å². The second kappa shape index (κ2) is 3.38. The molecule has 1 heteroatoms. The fraction of sp³-hybridized carbons (Fsp3) is 0.538. The van der Waals surface area contributed by atoms with Gasteiger partial charge in [-0.3, -0.25) is 0 Å². The number of benzene rings is 1. The van der Waals surface area contributed by atoms with E-state index >= 15 is 0 Å². The van der Waals surface area contributed by atoms with Crippen LogP contribution in [0.25, 0.3) is 0 Å². The van der Waals surface area contributed by atoms with E-state index in [2.05, 4.69) is 20.8 Å².